The van der Waals surface area contributed by atoms with Gasteiger partial charge in [-0.25, -0.2) is 9.97 Å². The van der Waals surface area contributed by atoms with Gasteiger partial charge in [0.05, 0.1) is 31.5 Å². The van der Waals surface area contributed by atoms with E-state index in [-0.39, 0.29) is 12.0 Å². The quantitative estimate of drug-likeness (QED) is 0.111. The largest absolute Gasteiger partial charge is 0.469 e. The number of carbonyl (C=O) groups excluding carboxylic acids is 1. The molecule has 0 N–H and O–H groups in total. The minimum Gasteiger partial charge on any atom is -0.469 e. The molecular formula is C34H53N5O3. The van der Waals surface area contributed by atoms with Gasteiger partial charge in [-0.2, -0.15) is 5.10 Å². The maximum Gasteiger partial charge on any atom is 0.307 e. The molecule has 1 aliphatic rings. The zero-order valence-corrected chi connectivity index (χ0v) is 26.5. The topological polar surface area (TPSA) is 84.1 Å². The average Bonchev–Trinajstić information content (AvgIpc) is 3.75. The van der Waals surface area contributed by atoms with E-state index in [2.05, 4.69) is 41.9 Å². The van der Waals surface area contributed by atoms with Crippen LogP contribution in [0.2, 0.25) is 0 Å². The zero-order chi connectivity index (χ0) is 29.8. The van der Waals surface area contributed by atoms with E-state index in [1.165, 1.54) is 77.7 Å². The highest BCUT2D eigenvalue weighted by Gasteiger charge is 2.29. The van der Waals surface area contributed by atoms with Crippen LogP contribution in [0.25, 0.3) is 22.3 Å². The summed E-state index contributed by atoms with van der Waals surface area (Å²) in [6, 6.07) is 2.06. The van der Waals surface area contributed by atoms with E-state index in [0.29, 0.717) is 24.5 Å². The lowest BCUT2D eigenvalue weighted by molar-refractivity contribution is -0.142. The Balaban J connectivity index is 1.21. The smallest absolute Gasteiger partial charge is 0.307 e. The Bertz CT molecular complexity index is 1220. The van der Waals surface area contributed by atoms with Crippen molar-refractivity contribution in [2.24, 2.45) is 11.3 Å². The predicted octanol–water partition coefficient (Wildman–Crippen LogP) is 8.51. The highest BCUT2D eigenvalue weighted by molar-refractivity contribution is 5.90. The third-order valence-electron chi connectivity index (χ3n) is 8.76. The van der Waals surface area contributed by atoms with Crippen molar-refractivity contribution in [3.05, 3.63) is 31.0 Å². The molecule has 0 aromatic carbocycles. The summed E-state index contributed by atoms with van der Waals surface area (Å²) in [5.41, 5.74) is 3.11. The van der Waals surface area contributed by atoms with E-state index >= 15 is 0 Å². The normalized spacial score (nSPS) is 15.0. The van der Waals surface area contributed by atoms with Crippen LogP contribution in [0.3, 0.4) is 0 Å². The second-order valence-electron chi connectivity index (χ2n) is 13.4. The second-order valence-corrected chi connectivity index (χ2v) is 13.4. The minimum atomic E-state index is -0.192. The van der Waals surface area contributed by atoms with Crippen molar-refractivity contribution in [1.29, 1.82) is 0 Å². The van der Waals surface area contributed by atoms with Gasteiger partial charge in [0, 0.05) is 30.0 Å². The fourth-order valence-corrected chi connectivity index (χ4v) is 6.31. The van der Waals surface area contributed by atoms with Crippen molar-refractivity contribution < 1.29 is 14.3 Å². The summed E-state index contributed by atoms with van der Waals surface area (Å²) in [6.45, 7) is 8.25. The van der Waals surface area contributed by atoms with Crippen LogP contribution in [-0.4, -0.2) is 44.0 Å². The molecule has 3 aromatic heterocycles. The standard InChI is InChI=1S/C34H53N5O3/c1-34(2,3)19-14-10-8-6-5-7-9-11-15-21-42-26-38-20-18-29-32(35-25-36-33(29)38)28-23-37-39(24-28)30(22-31(40)41-4)27-16-12-13-17-27/h18,20,23-25,27,30H,5-17,19,21-22,26H2,1-4H3/t30-/m0/s1. The monoisotopic (exact) mass is 579 g/mol. The fraction of sp³-hybridized carbons (Fsp3) is 0.706. The van der Waals surface area contributed by atoms with Crippen LogP contribution in [-0.2, 0) is 21.0 Å². The molecule has 232 valence electrons. The summed E-state index contributed by atoms with van der Waals surface area (Å²) in [4.78, 5) is 21.3. The van der Waals surface area contributed by atoms with Crippen molar-refractivity contribution >= 4 is 17.0 Å². The van der Waals surface area contributed by atoms with Crippen molar-refractivity contribution in [2.45, 2.75) is 130 Å². The zero-order valence-electron chi connectivity index (χ0n) is 26.5. The second kappa shape index (κ2) is 16.2. The van der Waals surface area contributed by atoms with Gasteiger partial charge in [-0.15, -0.1) is 0 Å². The number of fused-ring (bicyclic) bond motifs is 1. The molecule has 1 saturated carbocycles. The van der Waals surface area contributed by atoms with Crippen molar-refractivity contribution in [1.82, 2.24) is 24.3 Å². The van der Waals surface area contributed by atoms with Gasteiger partial charge in [0.25, 0.3) is 0 Å². The van der Waals surface area contributed by atoms with Crippen LogP contribution in [0.4, 0.5) is 0 Å². The molecule has 4 rings (SSSR count). The van der Waals surface area contributed by atoms with Crippen LogP contribution >= 0.6 is 0 Å². The number of aromatic nitrogens is 5. The summed E-state index contributed by atoms with van der Waals surface area (Å²) in [5.74, 6) is 0.247. The first kappa shape index (κ1) is 32.2. The number of carbonyl (C=O) groups is 1. The lowest BCUT2D eigenvalue weighted by Crippen LogP contribution is -2.22. The Morgan fingerprint density at radius 3 is 2.38 bits per heavy atom. The number of rotatable bonds is 18. The van der Waals surface area contributed by atoms with Crippen LogP contribution in [0.1, 0.15) is 123 Å². The van der Waals surface area contributed by atoms with E-state index in [1.807, 2.05) is 27.8 Å². The Hall–Kier alpha value is -2.74. The molecule has 8 nitrogen and oxygen atoms in total. The third kappa shape index (κ3) is 9.65. The van der Waals surface area contributed by atoms with Crippen molar-refractivity contribution in [3.8, 4) is 11.3 Å². The van der Waals surface area contributed by atoms with Gasteiger partial charge in [0.2, 0.25) is 0 Å². The van der Waals surface area contributed by atoms with E-state index in [4.69, 9.17) is 9.47 Å². The van der Waals surface area contributed by atoms with Gasteiger partial charge < -0.3 is 14.0 Å². The van der Waals surface area contributed by atoms with E-state index in [1.54, 1.807) is 6.33 Å². The Morgan fingerprint density at radius 2 is 1.69 bits per heavy atom. The SMILES string of the molecule is COC(=O)C[C@@H](C1CCCC1)n1cc(-c2ncnc3c2ccn3COCCCCCCCCCCCC(C)(C)C)cn1. The molecule has 1 atom stereocenters. The fourth-order valence-electron chi connectivity index (χ4n) is 6.31. The van der Waals surface area contributed by atoms with Crippen molar-refractivity contribution in [2.75, 3.05) is 13.7 Å². The Labute approximate surface area is 252 Å². The van der Waals surface area contributed by atoms with Crippen LogP contribution in [0.5, 0.6) is 0 Å². The molecule has 0 amide bonds. The molecule has 0 radical (unpaired) electrons. The maximum absolute atomic E-state index is 12.2. The molecule has 0 spiro atoms. The Kier molecular flexibility index (Phi) is 12.4. The number of nitrogens with zero attached hydrogens (tertiary/aromatic N) is 5. The highest BCUT2D eigenvalue weighted by Crippen LogP contribution is 2.37. The summed E-state index contributed by atoms with van der Waals surface area (Å²) in [5, 5.41) is 5.65. The molecule has 0 saturated heterocycles. The van der Waals surface area contributed by atoms with Crippen LogP contribution in [0.15, 0.2) is 31.0 Å². The Morgan fingerprint density at radius 1 is 1.00 bits per heavy atom. The van der Waals surface area contributed by atoms with Crippen LogP contribution < -0.4 is 0 Å². The molecule has 8 heteroatoms. The lowest BCUT2D eigenvalue weighted by Gasteiger charge is -2.22. The predicted molar refractivity (Wildman–Crippen MR) is 168 cm³/mol. The third-order valence-corrected chi connectivity index (χ3v) is 8.76. The molecule has 1 aliphatic carbocycles. The minimum absolute atomic E-state index is 0.00686. The van der Waals surface area contributed by atoms with Gasteiger partial charge in [-0.05, 0) is 43.1 Å². The van der Waals surface area contributed by atoms with E-state index in [0.717, 1.165) is 48.2 Å². The van der Waals surface area contributed by atoms with Gasteiger partial charge >= 0.3 is 5.97 Å². The molecule has 0 aliphatic heterocycles. The summed E-state index contributed by atoms with van der Waals surface area (Å²) >= 11 is 0. The summed E-state index contributed by atoms with van der Waals surface area (Å²) < 4.78 is 15.0. The number of methoxy groups -OCH3 is 1. The van der Waals surface area contributed by atoms with Crippen LogP contribution in [0, 0.1) is 11.3 Å². The van der Waals surface area contributed by atoms with E-state index in [9.17, 15) is 4.79 Å². The molecule has 0 bridgehead atoms. The first-order chi connectivity index (χ1) is 20.4. The summed E-state index contributed by atoms with van der Waals surface area (Å²) in [7, 11) is 1.45. The van der Waals surface area contributed by atoms with Gasteiger partial charge in [-0.3, -0.25) is 9.48 Å². The molecule has 42 heavy (non-hydrogen) atoms. The van der Waals surface area contributed by atoms with Crippen molar-refractivity contribution in [3.63, 3.8) is 0 Å². The lowest BCUT2D eigenvalue weighted by atomic mass is 9.89. The van der Waals surface area contributed by atoms with Gasteiger partial charge in [0.15, 0.2) is 0 Å². The first-order valence-electron chi connectivity index (χ1n) is 16.3. The van der Waals surface area contributed by atoms with Gasteiger partial charge in [-0.1, -0.05) is 85.0 Å². The maximum atomic E-state index is 12.2. The molecule has 1 fully saturated rings. The number of ether oxygens (including phenoxy) is 2. The number of unbranched alkanes of at least 4 members (excludes halogenated alkanes) is 8. The van der Waals surface area contributed by atoms with Gasteiger partial charge in [0.1, 0.15) is 18.7 Å². The first-order valence-corrected chi connectivity index (χ1v) is 16.3. The average molecular weight is 580 g/mol. The number of hydrogen-bond donors (Lipinski definition) is 0. The van der Waals surface area contributed by atoms with E-state index < -0.39 is 0 Å². The number of hydrogen-bond acceptors (Lipinski definition) is 6. The number of esters is 1. The highest BCUT2D eigenvalue weighted by atomic mass is 16.5. The molecule has 0 unspecified atom stereocenters. The molecule has 3 aromatic rings. The molecular weight excluding hydrogens is 526 g/mol. The summed E-state index contributed by atoms with van der Waals surface area (Å²) in [6.07, 6.45) is 25.7. The molecule has 3 heterocycles.